The van der Waals surface area contributed by atoms with Crippen LogP contribution in [0.5, 0.6) is 0 Å². The zero-order valence-electron chi connectivity index (χ0n) is 8.45. The minimum atomic E-state index is -4.77. The molecule has 0 unspecified atom stereocenters. The molecule has 0 radical (unpaired) electrons. The van der Waals surface area contributed by atoms with E-state index in [0.717, 1.165) is 0 Å². The summed E-state index contributed by atoms with van der Waals surface area (Å²) in [4.78, 5) is 13.0. The summed E-state index contributed by atoms with van der Waals surface area (Å²) in [5, 5.41) is 8.99. The third-order valence-electron chi connectivity index (χ3n) is 1.93. The molecule has 0 aliphatic rings. The van der Waals surface area contributed by atoms with Crippen LogP contribution < -0.4 is 0 Å². The second-order valence-electron chi connectivity index (χ2n) is 3.08. The van der Waals surface area contributed by atoms with Crippen LogP contribution in [0.2, 0.25) is 0 Å². The van der Waals surface area contributed by atoms with Crippen molar-refractivity contribution >= 4 is 28.1 Å². The van der Waals surface area contributed by atoms with Crippen molar-refractivity contribution < 1.29 is 18.1 Å². The molecule has 0 bridgehead atoms. The van der Waals surface area contributed by atoms with Crippen molar-refractivity contribution in [3.63, 3.8) is 0 Å². The van der Waals surface area contributed by atoms with E-state index in [4.69, 9.17) is 11.6 Å². The standard InChI is InChI=1S/C9H6ClF3N2O2/c1-5-6(14-8(10)9(11,12)13)3-2-4-7(5)15(16)17/h2-4H,1H3/b14-8-. The van der Waals surface area contributed by atoms with Crippen LogP contribution in [0.3, 0.4) is 0 Å². The number of alkyl halides is 3. The second-order valence-corrected chi connectivity index (χ2v) is 3.44. The highest BCUT2D eigenvalue weighted by Crippen LogP contribution is 2.30. The van der Waals surface area contributed by atoms with Gasteiger partial charge in [0.05, 0.1) is 16.2 Å². The summed E-state index contributed by atoms with van der Waals surface area (Å²) in [6.45, 7) is 1.30. The molecule has 0 atom stereocenters. The highest BCUT2D eigenvalue weighted by atomic mass is 35.5. The van der Waals surface area contributed by atoms with Gasteiger partial charge in [0.15, 0.2) is 0 Å². The van der Waals surface area contributed by atoms with Crippen molar-refractivity contribution in [1.29, 1.82) is 0 Å². The van der Waals surface area contributed by atoms with Crippen molar-refractivity contribution in [3.8, 4) is 0 Å². The van der Waals surface area contributed by atoms with Crippen molar-refractivity contribution in [2.45, 2.75) is 13.1 Å². The van der Waals surface area contributed by atoms with Crippen molar-refractivity contribution in [3.05, 3.63) is 33.9 Å². The third-order valence-corrected chi connectivity index (χ3v) is 2.22. The van der Waals surface area contributed by atoms with Crippen LogP contribution in [0.1, 0.15) is 5.56 Å². The van der Waals surface area contributed by atoms with Gasteiger partial charge in [-0.2, -0.15) is 13.2 Å². The number of aliphatic imine (C=N–C) groups is 1. The third kappa shape index (κ3) is 3.16. The molecule has 4 nitrogen and oxygen atoms in total. The molecule has 1 rings (SSSR count). The van der Waals surface area contributed by atoms with Crippen molar-refractivity contribution in [1.82, 2.24) is 0 Å². The lowest BCUT2D eigenvalue weighted by molar-refractivity contribution is -0.385. The molecule has 92 valence electrons. The van der Waals surface area contributed by atoms with Gasteiger partial charge in [0.1, 0.15) is 0 Å². The highest BCUT2D eigenvalue weighted by molar-refractivity contribution is 6.67. The quantitative estimate of drug-likeness (QED) is 0.465. The number of nitro benzene ring substituents is 1. The van der Waals surface area contributed by atoms with Gasteiger partial charge in [0, 0.05) is 6.07 Å². The van der Waals surface area contributed by atoms with Crippen molar-refractivity contribution in [2.75, 3.05) is 0 Å². The first-order chi connectivity index (χ1) is 7.73. The van der Waals surface area contributed by atoms with Gasteiger partial charge in [-0.3, -0.25) is 10.1 Å². The van der Waals surface area contributed by atoms with Gasteiger partial charge < -0.3 is 0 Å². The van der Waals surface area contributed by atoms with Crippen LogP contribution in [0.4, 0.5) is 24.5 Å². The fourth-order valence-corrected chi connectivity index (χ4v) is 1.19. The van der Waals surface area contributed by atoms with Crippen LogP contribution >= 0.6 is 11.6 Å². The molecule has 1 aromatic carbocycles. The molecular formula is C9H6ClF3N2O2. The Labute approximate surface area is 98.9 Å². The monoisotopic (exact) mass is 266 g/mol. The Morgan fingerprint density at radius 2 is 2.06 bits per heavy atom. The maximum atomic E-state index is 12.1. The van der Waals surface area contributed by atoms with Gasteiger partial charge in [-0.1, -0.05) is 17.7 Å². The van der Waals surface area contributed by atoms with E-state index in [-0.39, 0.29) is 16.9 Å². The van der Waals surface area contributed by atoms with Crippen LogP contribution in [-0.4, -0.2) is 16.3 Å². The summed E-state index contributed by atoms with van der Waals surface area (Å²) < 4.78 is 36.4. The summed E-state index contributed by atoms with van der Waals surface area (Å²) in [6.07, 6.45) is -4.77. The molecule has 0 amide bonds. The lowest BCUT2D eigenvalue weighted by Gasteiger charge is -2.05. The highest BCUT2D eigenvalue weighted by Gasteiger charge is 2.34. The van der Waals surface area contributed by atoms with Gasteiger partial charge in [0.2, 0.25) is 5.17 Å². The second kappa shape index (κ2) is 4.70. The average molecular weight is 267 g/mol. The molecule has 0 aliphatic heterocycles. The Hall–Kier alpha value is -1.63. The zero-order chi connectivity index (χ0) is 13.2. The first kappa shape index (κ1) is 13.4. The van der Waals surface area contributed by atoms with E-state index in [0.29, 0.717) is 0 Å². The van der Waals surface area contributed by atoms with Gasteiger partial charge >= 0.3 is 6.18 Å². The van der Waals surface area contributed by atoms with Gasteiger partial charge in [-0.25, -0.2) is 4.99 Å². The summed E-state index contributed by atoms with van der Waals surface area (Å²) in [7, 11) is 0. The SMILES string of the molecule is Cc1c(/N=C(\Cl)C(F)(F)F)cccc1[N+](=O)[O-]. The lowest BCUT2D eigenvalue weighted by atomic mass is 10.1. The van der Waals surface area contributed by atoms with Crippen molar-refractivity contribution in [2.24, 2.45) is 4.99 Å². The summed E-state index contributed by atoms with van der Waals surface area (Å²) in [5.74, 6) is 0. The molecule has 1 aromatic rings. The summed E-state index contributed by atoms with van der Waals surface area (Å²) in [5.41, 5.74) is -0.459. The minimum absolute atomic E-state index is 0.0277. The molecule has 0 aromatic heterocycles. The molecule has 17 heavy (non-hydrogen) atoms. The van der Waals surface area contributed by atoms with E-state index in [1.807, 2.05) is 0 Å². The number of nitro groups is 1. The van der Waals surface area contributed by atoms with E-state index in [1.54, 1.807) is 0 Å². The topological polar surface area (TPSA) is 55.5 Å². The van der Waals surface area contributed by atoms with E-state index in [1.165, 1.54) is 25.1 Å². The molecule has 0 fully saturated rings. The summed E-state index contributed by atoms with van der Waals surface area (Å²) >= 11 is 4.95. The fourth-order valence-electron chi connectivity index (χ4n) is 1.10. The molecular weight excluding hydrogens is 261 g/mol. The fraction of sp³-hybridized carbons (Fsp3) is 0.222. The number of halogens is 4. The normalized spacial score (nSPS) is 12.6. The Morgan fingerprint density at radius 3 is 2.53 bits per heavy atom. The first-order valence-electron chi connectivity index (χ1n) is 4.29. The lowest BCUT2D eigenvalue weighted by Crippen LogP contribution is -2.16. The average Bonchev–Trinajstić information content (AvgIpc) is 2.19. The molecule has 8 heteroatoms. The predicted molar refractivity (Wildman–Crippen MR) is 56.8 cm³/mol. The Kier molecular flexibility index (Phi) is 3.72. The largest absolute Gasteiger partial charge is 0.444 e. The number of hydrogen-bond acceptors (Lipinski definition) is 3. The van der Waals surface area contributed by atoms with E-state index in [2.05, 4.69) is 4.99 Å². The Balaban J connectivity index is 3.26. The maximum absolute atomic E-state index is 12.1. The first-order valence-corrected chi connectivity index (χ1v) is 4.66. The van der Waals surface area contributed by atoms with E-state index < -0.39 is 16.3 Å². The molecule has 0 saturated carbocycles. The van der Waals surface area contributed by atoms with Crippen LogP contribution in [0.25, 0.3) is 0 Å². The molecule has 0 aliphatic carbocycles. The minimum Gasteiger partial charge on any atom is -0.258 e. The number of nitrogens with zero attached hydrogens (tertiary/aromatic N) is 2. The zero-order valence-corrected chi connectivity index (χ0v) is 9.21. The molecule has 0 saturated heterocycles. The molecule has 0 heterocycles. The predicted octanol–water partition coefficient (Wildman–Crippen LogP) is 3.73. The van der Waals surface area contributed by atoms with E-state index in [9.17, 15) is 23.3 Å². The van der Waals surface area contributed by atoms with Gasteiger partial charge in [-0.05, 0) is 13.0 Å². The molecule has 0 N–H and O–H groups in total. The molecule has 0 spiro atoms. The van der Waals surface area contributed by atoms with Gasteiger partial charge in [0.25, 0.3) is 5.69 Å². The number of benzene rings is 1. The number of hydrogen-bond donors (Lipinski definition) is 0. The van der Waals surface area contributed by atoms with E-state index >= 15 is 0 Å². The number of rotatable bonds is 2. The van der Waals surface area contributed by atoms with Crippen LogP contribution in [-0.2, 0) is 0 Å². The maximum Gasteiger partial charge on any atom is 0.444 e. The van der Waals surface area contributed by atoms with Gasteiger partial charge in [-0.15, -0.1) is 0 Å². The smallest absolute Gasteiger partial charge is 0.258 e. The Morgan fingerprint density at radius 1 is 1.47 bits per heavy atom. The van der Waals surface area contributed by atoms with Crippen LogP contribution in [0, 0.1) is 17.0 Å². The van der Waals surface area contributed by atoms with Crippen LogP contribution in [0.15, 0.2) is 23.2 Å². The Bertz CT molecular complexity index is 486. The summed E-state index contributed by atoms with van der Waals surface area (Å²) in [6, 6.07) is 3.64.